The van der Waals surface area contributed by atoms with E-state index in [-0.39, 0.29) is 5.69 Å². The van der Waals surface area contributed by atoms with E-state index in [0.717, 1.165) is 29.8 Å². The summed E-state index contributed by atoms with van der Waals surface area (Å²) in [6.45, 7) is 6.27. The highest BCUT2D eigenvalue weighted by Crippen LogP contribution is 2.32. The highest BCUT2D eigenvalue weighted by atomic mass is 35.5. The zero-order valence-electron chi connectivity index (χ0n) is 12.3. The molecule has 0 bridgehead atoms. The van der Waals surface area contributed by atoms with Gasteiger partial charge in [-0.1, -0.05) is 32.4 Å². The SMILES string of the molecule is CC.CC1CCC(n2c(=O)[nH]c3cnc(Cl)cc32)CC1. The van der Waals surface area contributed by atoms with Crippen molar-refractivity contribution in [3.63, 3.8) is 0 Å². The van der Waals surface area contributed by atoms with Gasteiger partial charge in [-0.2, -0.15) is 0 Å². The zero-order chi connectivity index (χ0) is 14.7. The quantitative estimate of drug-likeness (QED) is 0.803. The topological polar surface area (TPSA) is 50.7 Å². The Balaban J connectivity index is 0.000000704. The standard InChI is InChI=1S/C13H16ClN3O.C2H6/c1-8-2-4-9(5-3-8)17-11-6-12(14)15-7-10(11)16-13(17)18;1-2/h6-9H,2-5H2,1H3,(H,16,18);1-2H3. The van der Waals surface area contributed by atoms with E-state index in [1.54, 1.807) is 12.3 Å². The van der Waals surface area contributed by atoms with Crippen LogP contribution in [0.15, 0.2) is 17.1 Å². The van der Waals surface area contributed by atoms with E-state index in [1.807, 2.05) is 18.4 Å². The summed E-state index contributed by atoms with van der Waals surface area (Å²) < 4.78 is 1.86. The van der Waals surface area contributed by atoms with E-state index in [9.17, 15) is 4.79 Å². The van der Waals surface area contributed by atoms with Crippen LogP contribution in [0.25, 0.3) is 11.0 Å². The Hall–Kier alpha value is -1.29. The third-order valence-corrected chi connectivity index (χ3v) is 4.13. The molecule has 5 heteroatoms. The molecule has 0 unspecified atom stereocenters. The number of rotatable bonds is 1. The summed E-state index contributed by atoms with van der Waals surface area (Å²) in [5, 5.41) is 0.430. The fourth-order valence-electron chi connectivity index (χ4n) is 2.86. The zero-order valence-corrected chi connectivity index (χ0v) is 13.1. The van der Waals surface area contributed by atoms with Gasteiger partial charge in [-0.05, 0) is 31.6 Å². The highest BCUT2D eigenvalue weighted by Gasteiger charge is 2.22. The molecule has 0 amide bonds. The fraction of sp³-hybridized carbons (Fsp3) is 0.600. The molecule has 0 aliphatic heterocycles. The molecule has 2 aromatic rings. The van der Waals surface area contributed by atoms with Crippen LogP contribution in [0.2, 0.25) is 5.15 Å². The molecule has 0 aromatic carbocycles. The molecule has 4 nitrogen and oxygen atoms in total. The molecule has 1 saturated carbocycles. The third-order valence-electron chi connectivity index (χ3n) is 3.92. The van der Waals surface area contributed by atoms with Crippen molar-refractivity contribution >= 4 is 22.6 Å². The van der Waals surface area contributed by atoms with Crippen LogP contribution >= 0.6 is 11.6 Å². The van der Waals surface area contributed by atoms with E-state index in [1.165, 1.54) is 12.8 Å². The molecular formula is C15H22ClN3O. The highest BCUT2D eigenvalue weighted by molar-refractivity contribution is 6.29. The molecule has 0 atom stereocenters. The number of fused-ring (bicyclic) bond motifs is 1. The van der Waals surface area contributed by atoms with Crippen molar-refractivity contribution in [2.45, 2.75) is 52.5 Å². The number of hydrogen-bond donors (Lipinski definition) is 1. The van der Waals surface area contributed by atoms with Crippen LogP contribution < -0.4 is 5.69 Å². The molecule has 1 N–H and O–H groups in total. The summed E-state index contributed by atoms with van der Waals surface area (Å²) in [6, 6.07) is 2.06. The molecule has 110 valence electrons. The average Bonchev–Trinajstić information content (AvgIpc) is 2.78. The van der Waals surface area contributed by atoms with E-state index in [0.29, 0.717) is 11.2 Å². The van der Waals surface area contributed by atoms with E-state index in [4.69, 9.17) is 11.6 Å². The molecule has 2 heterocycles. The number of H-pyrrole nitrogens is 1. The first-order valence-electron chi connectivity index (χ1n) is 7.41. The van der Waals surface area contributed by atoms with Crippen molar-refractivity contribution < 1.29 is 0 Å². The van der Waals surface area contributed by atoms with Gasteiger partial charge in [0.2, 0.25) is 0 Å². The van der Waals surface area contributed by atoms with Crippen molar-refractivity contribution in [2.24, 2.45) is 5.92 Å². The molecule has 0 radical (unpaired) electrons. The Labute approximate surface area is 124 Å². The van der Waals surface area contributed by atoms with Gasteiger partial charge in [-0.15, -0.1) is 0 Å². The lowest BCUT2D eigenvalue weighted by Crippen LogP contribution is -2.25. The molecule has 0 saturated heterocycles. The van der Waals surface area contributed by atoms with Gasteiger partial charge in [0.15, 0.2) is 0 Å². The molecule has 0 spiro atoms. The first kappa shape index (κ1) is 15.1. The predicted molar refractivity (Wildman–Crippen MR) is 83.4 cm³/mol. The van der Waals surface area contributed by atoms with Crippen LogP contribution in [0, 0.1) is 5.92 Å². The summed E-state index contributed by atoms with van der Waals surface area (Å²) in [7, 11) is 0. The molecule has 1 aliphatic rings. The van der Waals surface area contributed by atoms with Crippen molar-refractivity contribution in [1.82, 2.24) is 14.5 Å². The lowest BCUT2D eigenvalue weighted by atomic mass is 9.87. The van der Waals surface area contributed by atoms with Crippen molar-refractivity contribution in [2.75, 3.05) is 0 Å². The van der Waals surface area contributed by atoms with Gasteiger partial charge in [-0.3, -0.25) is 4.57 Å². The lowest BCUT2D eigenvalue weighted by molar-refractivity contribution is 0.290. The minimum Gasteiger partial charge on any atom is -0.304 e. The molecule has 20 heavy (non-hydrogen) atoms. The molecule has 3 rings (SSSR count). The second-order valence-electron chi connectivity index (χ2n) is 5.24. The van der Waals surface area contributed by atoms with Crippen LogP contribution in [-0.2, 0) is 0 Å². The molecule has 1 fully saturated rings. The monoisotopic (exact) mass is 295 g/mol. The van der Waals surface area contributed by atoms with Gasteiger partial charge in [0, 0.05) is 12.1 Å². The number of nitrogens with zero attached hydrogens (tertiary/aromatic N) is 2. The third kappa shape index (κ3) is 2.90. The predicted octanol–water partition coefficient (Wildman–Crippen LogP) is 4.16. The summed E-state index contributed by atoms with van der Waals surface area (Å²) in [6.07, 6.45) is 6.12. The number of halogens is 1. The summed E-state index contributed by atoms with van der Waals surface area (Å²) in [5.74, 6) is 0.771. The Morgan fingerprint density at radius 3 is 2.60 bits per heavy atom. The maximum absolute atomic E-state index is 12.1. The largest absolute Gasteiger partial charge is 0.326 e. The van der Waals surface area contributed by atoms with Gasteiger partial charge >= 0.3 is 5.69 Å². The van der Waals surface area contributed by atoms with Gasteiger partial charge in [0.1, 0.15) is 5.15 Å². The number of pyridine rings is 1. The van der Waals surface area contributed by atoms with Crippen molar-refractivity contribution in [3.8, 4) is 0 Å². The second-order valence-corrected chi connectivity index (χ2v) is 5.63. The van der Waals surface area contributed by atoms with Gasteiger partial charge in [0.05, 0.1) is 17.2 Å². The molecule has 2 aromatic heterocycles. The maximum Gasteiger partial charge on any atom is 0.326 e. The fourth-order valence-corrected chi connectivity index (χ4v) is 3.02. The van der Waals surface area contributed by atoms with Gasteiger partial charge in [0.25, 0.3) is 0 Å². The number of aromatic amines is 1. The van der Waals surface area contributed by atoms with Crippen LogP contribution in [0.3, 0.4) is 0 Å². The normalized spacial score (nSPS) is 22.4. The minimum atomic E-state index is -0.0476. The smallest absolute Gasteiger partial charge is 0.304 e. The number of hydrogen-bond acceptors (Lipinski definition) is 2. The van der Waals surface area contributed by atoms with E-state index in [2.05, 4.69) is 16.9 Å². The number of imidazole rings is 1. The van der Waals surface area contributed by atoms with Crippen LogP contribution in [-0.4, -0.2) is 14.5 Å². The van der Waals surface area contributed by atoms with Gasteiger partial charge in [-0.25, -0.2) is 9.78 Å². The minimum absolute atomic E-state index is 0.0476. The summed E-state index contributed by atoms with van der Waals surface area (Å²) in [5.41, 5.74) is 1.59. The first-order valence-corrected chi connectivity index (χ1v) is 7.78. The first-order chi connectivity index (χ1) is 9.65. The summed E-state index contributed by atoms with van der Waals surface area (Å²) >= 11 is 5.92. The van der Waals surface area contributed by atoms with Gasteiger partial charge < -0.3 is 4.98 Å². The van der Waals surface area contributed by atoms with Crippen molar-refractivity contribution in [3.05, 3.63) is 27.9 Å². The average molecular weight is 296 g/mol. The van der Waals surface area contributed by atoms with Crippen LogP contribution in [0.4, 0.5) is 0 Å². The second kappa shape index (κ2) is 6.44. The van der Waals surface area contributed by atoms with E-state index >= 15 is 0 Å². The van der Waals surface area contributed by atoms with Crippen LogP contribution in [0.1, 0.15) is 52.5 Å². The Kier molecular flexibility index (Phi) is 4.86. The summed E-state index contributed by atoms with van der Waals surface area (Å²) in [4.78, 5) is 18.9. The molecular weight excluding hydrogens is 274 g/mol. The maximum atomic E-state index is 12.1. The molecule has 1 aliphatic carbocycles. The Morgan fingerprint density at radius 2 is 1.95 bits per heavy atom. The van der Waals surface area contributed by atoms with Crippen LogP contribution in [0.5, 0.6) is 0 Å². The number of nitrogens with one attached hydrogen (secondary N) is 1. The number of aromatic nitrogens is 3. The van der Waals surface area contributed by atoms with Crippen molar-refractivity contribution in [1.29, 1.82) is 0 Å². The van der Waals surface area contributed by atoms with E-state index < -0.39 is 0 Å². The lowest BCUT2D eigenvalue weighted by Gasteiger charge is -2.27. The Morgan fingerprint density at radius 1 is 1.30 bits per heavy atom. The Bertz CT molecular complexity index is 624.